The van der Waals surface area contributed by atoms with Crippen molar-refractivity contribution in [3.8, 4) is 0 Å². The molecule has 0 aromatic carbocycles. The van der Waals surface area contributed by atoms with Crippen molar-refractivity contribution in [3.05, 3.63) is 6.42 Å². The highest BCUT2D eigenvalue weighted by Crippen LogP contribution is 2.32. The zero-order valence-corrected chi connectivity index (χ0v) is 6.72. The van der Waals surface area contributed by atoms with Crippen LogP contribution in [-0.4, -0.2) is 0 Å². The van der Waals surface area contributed by atoms with Crippen LogP contribution in [0.15, 0.2) is 0 Å². The van der Waals surface area contributed by atoms with Gasteiger partial charge in [-0.1, -0.05) is 20.8 Å². The molecule has 1 aliphatic carbocycles. The second-order valence-electron chi connectivity index (χ2n) is 3.57. The molecule has 0 heterocycles. The van der Waals surface area contributed by atoms with Gasteiger partial charge in [0.2, 0.25) is 0 Å². The van der Waals surface area contributed by atoms with E-state index < -0.39 is 0 Å². The highest BCUT2D eigenvalue weighted by atomic mass is 14.3. The van der Waals surface area contributed by atoms with E-state index in [1.807, 2.05) is 0 Å². The number of rotatable bonds is 0. The largest absolute Gasteiger partial charge is 0.0622 e. The molecular formula is C9H17. The molecule has 0 heteroatoms. The molecule has 53 valence electrons. The van der Waals surface area contributed by atoms with E-state index in [1.165, 1.54) is 12.8 Å². The summed E-state index contributed by atoms with van der Waals surface area (Å²) < 4.78 is 0. The van der Waals surface area contributed by atoms with Crippen LogP contribution < -0.4 is 0 Å². The summed E-state index contributed by atoms with van der Waals surface area (Å²) in [5.74, 6) is 2.79. The SMILES string of the molecule is CC1C[CH]CC(C)C1C. The molecule has 0 aromatic heterocycles. The second kappa shape index (κ2) is 2.72. The summed E-state index contributed by atoms with van der Waals surface area (Å²) in [5.41, 5.74) is 0. The van der Waals surface area contributed by atoms with Crippen molar-refractivity contribution in [1.29, 1.82) is 0 Å². The smallest absolute Gasteiger partial charge is 0.0380 e. The zero-order valence-electron chi connectivity index (χ0n) is 6.72. The van der Waals surface area contributed by atoms with Crippen molar-refractivity contribution in [2.45, 2.75) is 33.6 Å². The summed E-state index contributed by atoms with van der Waals surface area (Å²) in [4.78, 5) is 0. The quantitative estimate of drug-likeness (QED) is 0.467. The Bertz CT molecular complexity index is 76.0. The van der Waals surface area contributed by atoms with Crippen molar-refractivity contribution >= 4 is 0 Å². The molecule has 0 nitrogen and oxygen atoms in total. The summed E-state index contributed by atoms with van der Waals surface area (Å²) in [6.07, 6.45) is 5.12. The summed E-state index contributed by atoms with van der Waals surface area (Å²) in [5, 5.41) is 0. The van der Waals surface area contributed by atoms with Crippen LogP contribution in [0.1, 0.15) is 33.6 Å². The van der Waals surface area contributed by atoms with Gasteiger partial charge in [-0.05, 0) is 37.0 Å². The van der Waals surface area contributed by atoms with Gasteiger partial charge in [-0.2, -0.15) is 0 Å². The molecule has 0 aromatic rings. The summed E-state index contributed by atoms with van der Waals surface area (Å²) in [6.45, 7) is 7.09. The van der Waals surface area contributed by atoms with E-state index in [9.17, 15) is 0 Å². The van der Waals surface area contributed by atoms with Crippen molar-refractivity contribution in [1.82, 2.24) is 0 Å². The molecule has 9 heavy (non-hydrogen) atoms. The monoisotopic (exact) mass is 125 g/mol. The standard InChI is InChI=1S/C9H17/c1-7-5-4-6-8(2)9(7)3/h4,7-9H,5-6H2,1-3H3. The lowest BCUT2D eigenvalue weighted by atomic mass is 9.75. The zero-order chi connectivity index (χ0) is 6.85. The molecule has 0 saturated heterocycles. The van der Waals surface area contributed by atoms with E-state index >= 15 is 0 Å². The lowest BCUT2D eigenvalue weighted by Crippen LogP contribution is -2.21. The number of hydrogen-bond acceptors (Lipinski definition) is 0. The maximum atomic E-state index is 2.44. The molecule has 0 N–H and O–H groups in total. The minimum Gasteiger partial charge on any atom is -0.0622 e. The number of hydrogen-bond donors (Lipinski definition) is 0. The van der Waals surface area contributed by atoms with Crippen LogP contribution in [0.4, 0.5) is 0 Å². The Hall–Kier alpha value is 0. The molecule has 1 rings (SSSR count). The van der Waals surface area contributed by atoms with Gasteiger partial charge in [0.15, 0.2) is 0 Å². The van der Waals surface area contributed by atoms with E-state index in [-0.39, 0.29) is 0 Å². The minimum absolute atomic E-state index is 0.925. The fourth-order valence-electron chi connectivity index (χ4n) is 1.61. The first kappa shape index (κ1) is 7.11. The minimum atomic E-state index is 0.925. The van der Waals surface area contributed by atoms with Gasteiger partial charge in [0.25, 0.3) is 0 Å². The van der Waals surface area contributed by atoms with Crippen LogP contribution in [0.5, 0.6) is 0 Å². The molecular weight excluding hydrogens is 108 g/mol. The maximum absolute atomic E-state index is 2.44. The van der Waals surface area contributed by atoms with Crippen LogP contribution in [0, 0.1) is 24.2 Å². The van der Waals surface area contributed by atoms with Crippen molar-refractivity contribution < 1.29 is 0 Å². The van der Waals surface area contributed by atoms with Crippen molar-refractivity contribution in [2.75, 3.05) is 0 Å². The van der Waals surface area contributed by atoms with E-state index in [2.05, 4.69) is 27.2 Å². The van der Waals surface area contributed by atoms with E-state index in [0.29, 0.717) is 0 Å². The molecule has 0 spiro atoms. The Morgan fingerprint density at radius 2 is 1.44 bits per heavy atom. The summed E-state index contributed by atoms with van der Waals surface area (Å²) >= 11 is 0. The second-order valence-corrected chi connectivity index (χ2v) is 3.57. The summed E-state index contributed by atoms with van der Waals surface area (Å²) in [6, 6.07) is 0. The average molecular weight is 125 g/mol. The van der Waals surface area contributed by atoms with Crippen LogP contribution in [0.2, 0.25) is 0 Å². The van der Waals surface area contributed by atoms with Gasteiger partial charge in [0.05, 0.1) is 0 Å². The average Bonchev–Trinajstić information content (AvgIpc) is 1.83. The third-order valence-corrected chi connectivity index (χ3v) is 2.87. The van der Waals surface area contributed by atoms with Crippen molar-refractivity contribution in [3.63, 3.8) is 0 Å². The van der Waals surface area contributed by atoms with Crippen LogP contribution in [0.25, 0.3) is 0 Å². The molecule has 1 saturated carbocycles. The van der Waals surface area contributed by atoms with E-state index in [1.54, 1.807) is 0 Å². The topological polar surface area (TPSA) is 0 Å². The Balaban J connectivity index is 2.41. The fraction of sp³-hybridized carbons (Fsp3) is 0.889. The van der Waals surface area contributed by atoms with Gasteiger partial charge in [-0.15, -0.1) is 0 Å². The molecule has 1 fully saturated rings. The van der Waals surface area contributed by atoms with Gasteiger partial charge in [0.1, 0.15) is 0 Å². The Labute approximate surface area is 58.7 Å². The van der Waals surface area contributed by atoms with Gasteiger partial charge in [-0.25, -0.2) is 0 Å². The molecule has 2 atom stereocenters. The van der Waals surface area contributed by atoms with E-state index in [0.717, 1.165) is 17.8 Å². The lowest BCUT2D eigenvalue weighted by Gasteiger charge is -2.31. The third-order valence-electron chi connectivity index (χ3n) is 2.87. The van der Waals surface area contributed by atoms with Gasteiger partial charge in [0, 0.05) is 0 Å². The van der Waals surface area contributed by atoms with Gasteiger partial charge >= 0.3 is 0 Å². The predicted octanol–water partition coefficient (Wildman–Crippen LogP) is 2.89. The first-order chi connectivity index (χ1) is 4.22. The molecule has 1 radical (unpaired) electrons. The normalized spacial score (nSPS) is 45.0. The maximum Gasteiger partial charge on any atom is -0.0380 e. The fourth-order valence-corrected chi connectivity index (χ4v) is 1.61. The Morgan fingerprint density at radius 3 is 1.78 bits per heavy atom. The predicted molar refractivity (Wildman–Crippen MR) is 41.0 cm³/mol. The Kier molecular flexibility index (Phi) is 2.15. The molecule has 0 bridgehead atoms. The highest BCUT2D eigenvalue weighted by molar-refractivity contribution is 4.83. The van der Waals surface area contributed by atoms with E-state index in [4.69, 9.17) is 0 Å². The van der Waals surface area contributed by atoms with Crippen molar-refractivity contribution in [2.24, 2.45) is 17.8 Å². The lowest BCUT2D eigenvalue weighted by molar-refractivity contribution is 0.234. The molecule has 0 aliphatic heterocycles. The first-order valence-corrected chi connectivity index (χ1v) is 4.03. The highest BCUT2D eigenvalue weighted by Gasteiger charge is 2.22. The molecule has 2 unspecified atom stereocenters. The first-order valence-electron chi connectivity index (χ1n) is 4.03. The van der Waals surface area contributed by atoms with Crippen LogP contribution >= 0.6 is 0 Å². The molecule has 1 aliphatic rings. The Morgan fingerprint density at radius 1 is 1.00 bits per heavy atom. The summed E-state index contributed by atoms with van der Waals surface area (Å²) in [7, 11) is 0. The third kappa shape index (κ3) is 1.47. The van der Waals surface area contributed by atoms with Crippen LogP contribution in [0.3, 0.4) is 0 Å². The molecule has 0 amide bonds. The van der Waals surface area contributed by atoms with Gasteiger partial charge in [-0.3, -0.25) is 0 Å². The van der Waals surface area contributed by atoms with Gasteiger partial charge < -0.3 is 0 Å². The van der Waals surface area contributed by atoms with Crippen LogP contribution in [-0.2, 0) is 0 Å².